The van der Waals surface area contributed by atoms with E-state index in [9.17, 15) is 4.79 Å². The Bertz CT molecular complexity index is 836. The van der Waals surface area contributed by atoms with Crippen molar-refractivity contribution in [3.8, 4) is 0 Å². The van der Waals surface area contributed by atoms with Crippen molar-refractivity contribution in [3.63, 3.8) is 0 Å². The van der Waals surface area contributed by atoms with Crippen molar-refractivity contribution < 1.29 is 9.53 Å². The van der Waals surface area contributed by atoms with Gasteiger partial charge in [0, 0.05) is 12.6 Å². The SMILES string of the molecule is C[C@H]1Cn2ncc(N3C(=O)NC4CC(OCc5ccccc5)CC43)c2CN1. The minimum atomic E-state index is -0.0130. The number of hydrogen-bond donors (Lipinski definition) is 2. The molecule has 2 aliphatic heterocycles. The Morgan fingerprint density at radius 1 is 1.26 bits per heavy atom. The highest BCUT2D eigenvalue weighted by atomic mass is 16.5. The molecule has 3 heterocycles. The van der Waals surface area contributed by atoms with Gasteiger partial charge in [-0.1, -0.05) is 30.3 Å². The van der Waals surface area contributed by atoms with E-state index in [1.54, 1.807) is 0 Å². The summed E-state index contributed by atoms with van der Waals surface area (Å²) in [5, 5.41) is 11.1. The number of urea groups is 1. The molecular weight excluding hydrogens is 342 g/mol. The third-order valence-corrected chi connectivity index (χ3v) is 5.92. The lowest BCUT2D eigenvalue weighted by Gasteiger charge is -2.26. The van der Waals surface area contributed by atoms with Gasteiger partial charge in [0.25, 0.3) is 0 Å². The summed E-state index contributed by atoms with van der Waals surface area (Å²) in [4.78, 5) is 14.5. The molecule has 0 spiro atoms. The molecule has 1 aromatic carbocycles. The number of rotatable bonds is 4. The van der Waals surface area contributed by atoms with E-state index in [0.29, 0.717) is 12.6 Å². The van der Waals surface area contributed by atoms with Crippen molar-refractivity contribution in [2.24, 2.45) is 0 Å². The van der Waals surface area contributed by atoms with Gasteiger partial charge < -0.3 is 15.4 Å². The van der Waals surface area contributed by atoms with Crippen molar-refractivity contribution in [2.75, 3.05) is 4.90 Å². The number of fused-ring (bicyclic) bond motifs is 2. The molecule has 0 radical (unpaired) electrons. The number of hydrogen-bond acceptors (Lipinski definition) is 4. The van der Waals surface area contributed by atoms with Gasteiger partial charge in [0.2, 0.25) is 0 Å². The Kier molecular flexibility index (Phi) is 4.13. The van der Waals surface area contributed by atoms with Crippen molar-refractivity contribution in [1.29, 1.82) is 0 Å². The summed E-state index contributed by atoms with van der Waals surface area (Å²) in [6.45, 7) is 4.34. The van der Waals surface area contributed by atoms with Crippen LogP contribution in [0.25, 0.3) is 0 Å². The largest absolute Gasteiger partial charge is 0.373 e. The maximum absolute atomic E-state index is 12.6. The Balaban J connectivity index is 1.30. The molecule has 4 atom stereocenters. The van der Waals surface area contributed by atoms with Gasteiger partial charge in [0.1, 0.15) is 0 Å². The average molecular weight is 367 g/mol. The van der Waals surface area contributed by atoms with Crippen molar-refractivity contribution >= 4 is 11.7 Å². The zero-order valence-electron chi connectivity index (χ0n) is 15.5. The maximum atomic E-state index is 12.6. The molecule has 0 bridgehead atoms. The summed E-state index contributed by atoms with van der Waals surface area (Å²) >= 11 is 0. The van der Waals surface area contributed by atoms with Gasteiger partial charge in [-0.05, 0) is 25.3 Å². The Hall–Kier alpha value is -2.38. The highest BCUT2D eigenvalue weighted by molar-refractivity contribution is 5.96. The molecule has 1 saturated heterocycles. The number of nitrogens with zero attached hydrogens (tertiary/aromatic N) is 3. The molecule has 2 amide bonds. The summed E-state index contributed by atoms with van der Waals surface area (Å²) in [6, 6.07) is 10.9. The van der Waals surface area contributed by atoms with Crippen LogP contribution in [-0.4, -0.2) is 40.0 Å². The Morgan fingerprint density at radius 3 is 2.96 bits per heavy atom. The highest BCUT2D eigenvalue weighted by Gasteiger charge is 2.48. The van der Waals surface area contributed by atoms with Gasteiger partial charge in [-0.2, -0.15) is 5.10 Å². The molecule has 2 aromatic rings. The van der Waals surface area contributed by atoms with Crippen LogP contribution in [0.15, 0.2) is 36.5 Å². The van der Waals surface area contributed by atoms with Crippen LogP contribution >= 0.6 is 0 Å². The third kappa shape index (κ3) is 3.00. The minimum absolute atomic E-state index is 0.0130. The van der Waals surface area contributed by atoms with Crippen LogP contribution in [0.4, 0.5) is 10.5 Å². The number of aromatic nitrogens is 2. The first-order valence-electron chi connectivity index (χ1n) is 9.72. The summed E-state index contributed by atoms with van der Waals surface area (Å²) in [6.07, 6.45) is 3.71. The van der Waals surface area contributed by atoms with E-state index in [1.165, 1.54) is 5.56 Å². The van der Waals surface area contributed by atoms with E-state index < -0.39 is 0 Å². The molecule has 1 saturated carbocycles. The molecule has 2 fully saturated rings. The lowest BCUT2D eigenvalue weighted by atomic mass is 10.1. The molecule has 142 valence electrons. The molecule has 2 N–H and O–H groups in total. The maximum Gasteiger partial charge on any atom is 0.322 e. The fourth-order valence-electron chi connectivity index (χ4n) is 4.54. The summed E-state index contributed by atoms with van der Waals surface area (Å²) < 4.78 is 8.17. The van der Waals surface area contributed by atoms with E-state index in [-0.39, 0.29) is 24.2 Å². The summed E-state index contributed by atoms with van der Waals surface area (Å²) in [5.41, 5.74) is 3.21. The van der Waals surface area contributed by atoms with E-state index in [2.05, 4.69) is 34.8 Å². The van der Waals surface area contributed by atoms with Gasteiger partial charge >= 0.3 is 6.03 Å². The number of carbonyl (C=O) groups excluding carboxylic acids is 1. The molecule has 3 aliphatic rings. The monoisotopic (exact) mass is 367 g/mol. The third-order valence-electron chi connectivity index (χ3n) is 5.92. The van der Waals surface area contributed by atoms with Crippen LogP contribution in [0.2, 0.25) is 0 Å². The second-order valence-electron chi connectivity index (χ2n) is 7.82. The van der Waals surface area contributed by atoms with Crippen LogP contribution in [0.1, 0.15) is 31.0 Å². The number of carbonyl (C=O) groups is 1. The minimum Gasteiger partial charge on any atom is -0.373 e. The topological polar surface area (TPSA) is 71.4 Å². The van der Waals surface area contributed by atoms with Crippen LogP contribution < -0.4 is 15.5 Å². The number of ether oxygens (including phenoxy) is 1. The van der Waals surface area contributed by atoms with Crippen molar-refractivity contribution in [3.05, 3.63) is 47.8 Å². The fraction of sp³-hybridized carbons (Fsp3) is 0.500. The van der Waals surface area contributed by atoms with E-state index in [4.69, 9.17) is 4.74 Å². The molecule has 27 heavy (non-hydrogen) atoms. The standard InChI is InChI=1S/C20H25N5O2/c1-13-11-24-18(9-21-13)19(10-22-24)25-17-8-15(7-16(17)23-20(25)26)27-12-14-5-3-2-4-6-14/h2-6,10,13,15-17,21H,7-9,11-12H2,1H3,(H,23,26)/t13-,15?,16?,17?/m0/s1. The average Bonchev–Trinajstić information content (AvgIpc) is 3.33. The number of nitrogens with one attached hydrogen (secondary N) is 2. The second kappa shape index (κ2) is 6.65. The van der Waals surface area contributed by atoms with Crippen molar-refractivity contribution in [2.45, 2.75) is 63.7 Å². The predicted molar refractivity (Wildman–Crippen MR) is 101 cm³/mol. The summed E-state index contributed by atoms with van der Waals surface area (Å²) in [7, 11) is 0. The highest BCUT2D eigenvalue weighted by Crippen LogP contribution is 2.37. The first kappa shape index (κ1) is 16.8. The van der Waals surface area contributed by atoms with Gasteiger partial charge in [-0.15, -0.1) is 0 Å². The normalized spacial score (nSPS) is 29.5. The molecular formula is C20H25N5O2. The van der Waals surface area contributed by atoms with Crippen LogP contribution in [0.5, 0.6) is 0 Å². The molecule has 5 rings (SSSR count). The summed E-state index contributed by atoms with van der Waals surface area (Å²) in [5.74, 6) is 0. The Labute approximate surface area is 158 Å². The molecule has 7 heteroatoms. The zero-order chi connectivity index (χ0) is 18.4. The molecule has 1 aliphatic carbocycles. The van der Waals surface area contributed by atoms with Crippen LogP contribution in [-0.2, 0) is 24.4 Å². The van der Waals surface area contributed by atoms with E-state index in [1.807, 2.05) is 34.0 Å². The number of anilines is 1. The molecule has 1 aromatic heterocycles. The lowest BCUT2D eigenvalue weighted by Crippen LogP contribution is -2.39. The van der Waals surface area contributed by atoms with E-state index >= 15 is 0 Å². The molecule has 3 unspecified atom stereocenters. The smallest absolute Gasteiger partial charge is 0.322 e. The van der Waals surface area contributed by atoms with Gasteiger partial charge in [0.15, 0.2) is 0 Å². The van der Waals surface area contributed by atoms with Gasteiger partial charge in [-0.3, -0.25) is 9.58 Å². The second-order valence-corrected chi connectivity index (χ2v) is 7.82. The zero-order valence-corrected chi connectivity index (χ0v) is 15.5. The quantitative estimate of drug-likeness (QED) is 0.867. The van der Waals surface area contributed by atoms with Crippen LogP contribution in [0, 0.1) is 0 Å². The molecule has 7 nitrogen and oxygen atoms in total. The van der Waals surface area contributed by atoms with Crippen LogP contribution in [0.3, 0.4) is 0 Å². The number of amides is 2. The fourth-order valence-corrected chi connectivity index (χ4v) is 4.54. The first-order chi connectivity index (χ1) is 13.2. The predicted octanol–water partition coefficient (Wildman–Crippen LogP) is 2.02. The van der Waals surface area contributed by atoms with E-state index in [0.717, 1.165) is 37.3 Å². The number of benzene rings is 1. The lowest BCUT2D eigenvalue weighted by molar-refractivity contribution is 0.0431. The van der Waals surface area contributed by atoms with Crippen molar-refractivity contribution in [1.82, 2.24) is 20.4 Å². The first-order valence-corrected chi connectivity index (χ1v) is 9.72. The Morgan fingerprint density at radius 2 is 2.11 bits per heavy atom. The van der Waals surface area contributed by atoms with Gasteiger partial charge in [-0.25, -0.2) is 4.79 Å². The van der Waals surface area contributed by atoms with Gasteiger partial charge in [0.05, 0.1) is 48.9 Å².